The lowest BCUT2D eigenvalue weighted by Crippen LogP contribution is -2.12. The van der Waals surface area contributed by atoms with Crippen molar-refractivity contribution in [3.05, 3.63) is 46.6 Å². The van der Waals surface area contributed by atoms with Gasteiger partial charge in [0.15, 0.2) is 5.03 Å². The van der Waals surface area contributed by atoms with Gasteiger partial charge >= 0.3 is 0 Å². The molecule has 0 spiro atoms. The summed E-state index contributed by atoms with van der Waals surface area (Å²) >= 11 is 5.59. The second kappa shape index (κ2) is 4.92. The molecule has 102 valence electrons. The molecule has 0 saturated carbocycles. The molecule has 0 atom stereocenters. The fraction of sp³-hybridized carbons (Fsp3) is 0.182. The molecule has 0 amide bonds. The highest BCUT2D eigenvalue weighted by atomic mass is 35.5. The van der Waals surface area contributed by atoms with Crippen LogP contribution < -0.4 is 5.14 Å². The van der Waals surface area contributed by atoms with Gasteiger partial charge in [-0.15, -0.1) is 0 Å². The molecule has 2 rings (SSSR count). The zero-order chi connectivity index (χ0) is 14.2. The molecule has 0 saturated heterocycles. The van der Waals surface area contributed by atoms with Gasteiger partial charge in [0.25, 0.3) is 10.0 Å². The average molecular weight is 304 g/mol. The lowest BCUT2D eigenvalue weighted by Gasteiger charge is -2.05. The van der Waals surface area contributed by atoms with Crippen LogP contribution in [-0.2, 0) is 16.6 Å². The standard InChI is InChI=1S/C11H11ClFN3O2S/c1-7-15-11(19(14,17)18)6-16(7)5-8-2-3-9(12)10(13)4-8/h2-4,6H,5H2,1H3,(H2,14,17,18). The molecule has 0 radical (unpaired) electrons. The smallest absolute Gasteiger partial charge is 0.257 e. The summed E-state index contributed by atoms with van der Waals surface area (Å²) in [6, 6.07) is 4.39. The Balaban J connectivity index is 2.33. The Morgan fingerprint density at radius 3 is 2.68 bits per heavy atom. The van der Waals surface area contributed by atoms with E-state index in [0.29, 0.717) is 11.4 Å². The number of rotatable bonds is 3. The van der Waals surface area contributed by atoms with E-state index in [1.165, 1.54) is 18.3 Å². The number of nitrogens with two attached hydrogens (primary N) is 1. The number of aryl methyl sites for hydroxylation is 1. The normalized spacial score (nSPS) is 11.8. The highest BCUT2D eigenvalue weighted by Crippen LogP contribution is 2.17. The van der Waals surface area contributed by atoms with E-state index in [9.17, 15) is 12.8 Å². The van der Waals surface area contributed by atoms with Crippen LogP contribution in [-0.4, -0.2) is 18.0 Å². The van der Waals surface area contributed by atoms with Crippen LogP contribution in [0.25, 0.3) is 0 Å². The highest BCUT2D eigenvalue weighted by molar-refractivity contribution is 7.89. The third kappa shape index (κ3) is 3.12. The van der Waals surface area contributed by atoms with E-state index in [-0.39, 0.29) is 16.6 Å². The van der Waals surface area contributed by atoms with Gasteiger partial charge in [0.05, 0.1) is 5.02 Å². The van der Waals surface area contributed by atoms with Crippen LogP contribution in [0.1, 0.15) is 11.4 Å². The maximum atomic E-state index is 13.3. The van der Waals surface area contributed by atoms with Gasteiger partial charge in [0.1, 0.15) is 11.6 Å². The van der Waals surface area contributed by atoms with Crippen LogP contribution in [0.15, 0.2) is 29.4 Å². The molecule has 0 aliphatic heterocycles. The van der Waals surface area contributed by atoms with E-state index in [0.717, 1.165) is 0 Å². The van der Waals surface area contributed by atoms with Crippen molar-refractivity contribution < 1.29 is 12.8 Å². The van der Waals surface area contributed by atoms with Crippen molar-refractivity contribution in [3.63, 3.8) is 0 Å². The maximum Gasteiger partial charge on any atom is 0.257 e. The summed E-state index contributed by atoms with van der Waals surface area (Å²) in [5, 5.41) is 4.82. The third-order valence-electron chi connectivity index (χ3n) is 2.58. The summed E-state index contributed by atoms with van der Waals surface area (Å²) < 4.78 is 37.2. The van der Waals surface area contributed by atoms with E-state index in [2.05, 4.69) is 4.98 Å². The number of aromatic nitrogens is 2. The van der Waals surface area contributed by atoms with Gasteiger partial charge < -0.3 is 4.57 Å². The average Bonchev–Trinajstić information content (AvgIpc) is 2.65. The van der Waals surface area contributed by atoms with Crippen molar-refractivity contribution in [2.24, 2.45) is 5.14 Å². The molecule has 19 heavy (non-hydrogen) atoms. The van der Waals surface area contributed by atoms with Crippen molar-refractivity contribution >= 4 is 21.6 Å². The molecule has 0 aliphatic rings. The molecule has 8 heteroatoms. The van der Waals surface area contributed by atoms with Crippen LogP contribution >= 0.6 is 11.6 Å². The molecule has 0 unspecified atom stereocenters. The molecule has 0 fully saturated rings. The van der Waals surface area contributed by atoms with Gasteiger partial charge in [-0.2, -0.15) is 0 Å². The molecule has 2 aromatic rings. The van der Waals surface area contributed by atoms with E-state index in [1.54, 1.807) is 17.6 Å². The SMILES string of the molecule is Cc1nc(S(N)(=O)=O)cn1Cc1ccc(Cl)c(F)c1. The topological polar surface area (TPSA) is 78.0 Å². The van der Waals surface area contributed by atoms with E-state index in [1.807, 2.05) is 0 Å². The van der Waals surface area contributed by atoms with Crippen molar-refractivity contribution in [1.82, 2.24) is 9.55 Å². The van der Waals surface area contributed by atoms with Gasteiger partial charge in [-0.3, -0.25) is 0 Å². The lowest BCUT2D eigenvalue weighted by molar-refractivity contribution is 0.594. The molecular weight excluding hydrogens is 293 g/mol. The first-order chi connectivity index (χ1) is 8.77. The first-order valence-corrected chi connectivity index (χ1v) is 7.20. The second-order valence-electron chi connectivity index (χ2n) is 4.05. The monoisotopic (exact) mass is 303 g/mol. The zero-order valence-corrected chi connectivity index (χ0v) is 11.5. The maximum absolute atomic E-state index is 13.3. The Hall–Kier alpha value is -1.44. The van der Waals surface area contributed by atoms with Crippen LogP contribution in [0.5, 0.6) is 0 Å². The number of imidazole rings is 1. The van der Waals surface area contributed by atoms with Crippen LogP contribution in [0.2, 0.25) is 5.02 Å². The van der Waals surface area contributed by atoms with E-state index in [4.69, 9.17) is 16.7 Å². The zero-order valence-electron chi connectivity index (χ0n) is 9.97. The quantitative estimate of drug-likeness (QED) is 0.937. The van der Waals surface area contributed by atoms with Gasteiger partial charge in [0.2, 0.25) is 0 Å². The summed E-state index contributed by atoms with van der Waals surface area (Å²) in [5.41, 5.74) is 0.642. The van der Waals surface area contributed by atoms with E-state index < -0.39 is 15.8 Å². The van der Waals surface area contributed by atoms with Crippen molar-refractivity contribution in [2.45, 2.75) is 18.5 Å². The van der Waals surface area contributed by atoms with Gasteiger partial charge in [-0.1, -0.05) is 17.7 Å². The van der Waals surface area contributed by atoms with Gasteiger partial charge in [0, 0.05) is 12.7 Å². The number of nitrogens with zero attached hydrogens (tertiary/aromatic N) is 2. The molecule has 0 aliphatic carbocycles. The summed E-state index contributed by atoms with van der Waals surface area (Å²) in [6.07, 6.45) is 1.32. The first kappa shape index (κ1) is 14.0. The molecule has 5 nitrogen and oxygen atoms in total. The molecule has 1 heterocycles. The molecule has 2 N–H and O–H groups in total. The Kier molecular flexibility index (Phi) is 3.62. The fourth-order valence-electron chi connectivity index (χ4n) is 1.61. The Morgan fingerprint density at radius 2 is 2.16 bits per heavy atom. The number of benzene rings is 1. The minimum atomic E-state index is -3.84. The minimum Gasteiger partial charge on any atom is -0.329 e. The molecule has 1 aromatic carbocycles. The summed E-state index contributed by atoms with van der Waals surface area (Å²) in [6.45, 7) is 1.92. The minimum absolute atomic E-state index is 0.0383. The third-order valence-corrected chi connectivity index (χ3v) is 3.67. The number of hydrogen-bond donors (Lipinski definition) is 1. The highest BCUT2D eigenvalue weighted by Gasteiger charge is 2.14. The summed E-state index contributed by atoms with van der Waals surface area (Å²) in [4.78, 5) is 3.85. The van der Waals surface area contributed by atoms with Gasteiger partial charge in [-0.25, -0.2) is 22.9 Å². The van der Waals surface area contributed by atoms with Crippen molar-refractivity contribution in [2.75, 3.05) is 0 Å². The Morgan fingerprint density at radius 1 is 1.47 bits per heavy atom. The van der Waals surface area contributed by atoms with Gasteiger partial charge in [-0.05, 0) is 24.6 Å². The number of halogens is 2. The molecule has 1 aromatic heterocycles. The second-order valence-corrected chi connectivity index (χ2v) is 5.96. The fourth-order valence-corrected chi connectivity index (χ4v) is 2.26. The summed E-state index contributed by atoms with van der Waals surface area (Å²) in [7, 11) is -3.84. The van der Waals surface area contributed by atoms with Crippen molar-refractivity contribution in [3.8, 4) is 0 Å². The van der Waals surface area contributed by atoms with Crippen LogP contribution in [0.3, 0.4) is 0 Å². The Bertz CT molecular complexity index is 728. The predicted octanol–water partition coefficient (Wildman–Crippen LogP) is 1.68. The van der Waals surface area contributed by atoms with Crippen LogP contribution in [0, 0.1) is 12.7 Å². The summed E-state index contributed by atoms with van der Waals surface area (Å²) in [5.74, 6) is -0.0528. The Labute approximate surface area is 114 Å². The number of hydrogen-bond acceptors (Lipinski definition) is 3. The van der Waals surface area contributed by atoms with Crippen molar-refractivity contribution in [1.29, 1.82) is 0 Å². The number of sulfonamides is 1. The lowest BCUT2D eigenvalue weighted by atomic mass is 10.2. The van der Waals surface area contributed by atoms with E-state index >= 15 is 0 Å². The van der Waals surface area contributed by atoms with Crippen LogP contribution in [0.4, 0.5) is 4.39 Å². The first-order valence-electron chi connectivity index (χ1n) is 5.28. The predicted molar refractivity (Wildman–Crippen MR) is 68.8 cm³/mol. The molecular formula is C11H11ClFN3O2S. The molecule has 0 bridgehead atoms. The largest absolute Gasteiger partial charge is 0.329 e. The number of primary sulfonamides is 1.